The fourth-order valence-corrected chi connectivity index (χ4v) is 5.22. The van der Waals surface area contributed by atoms with Gasteiger partial charge in [-0.2, -0.15) is 9.40 Å². The van der Waals surface area contributed by atoms with Crippen molar-refractivity contribution in [3.05, 3.63) is 59.8 Å². The highest BCUT2D eigenvalue weighted by molar-refractivity contribution is 7.89. The molecular formula is C23H28N4O4S. The molecule has 3 heterocycles. The molecule has 1 aliphatic heterocycles. The van der Waals surface area contributed by atoms with E-state index in [0.717, 1.165) is 5.56 Å². The molecule has 9 heteroatoms. The van der Waals surface area contributed by atoms with Crippen LogP contribution in [0.1, 0.15) is 43.7 Å². The molecule has 3 aromatic rings. The summed E-state index contributed by atoms with van der Waals surface area (Å²) in [5, 5.41) is 9.48. The molecule has 1 saturated heterocycles. The summed E-state index contributed by atoms with van der Waals surface area (Å²) in [4.78, 5) is 12.6. The van der Waals surface area contributed by atoms with Crippen LogP contribution in [-0.2, 0) is 21.4 Å². The first-order valence-corrected chi connectivity index (χ1v) is 12.2. The molecule has 0 aliphatic carbocycles. The van der Waals surface area contributed by atoms with Crippen molar-refractivity contribution >= 4 is 15.9 Å². The monoisotopic (exact) mass is 456 g/mol. The summed E-state index contributed by atoms with van der Waals surface area (Å²) >= 11 is 0. The van der Waals surface area contributed by atoms with E-state index in [0.29, 0.717) is 36.8 Å². The Kier molecular flexibility index (Phi) is 6.48. The lowest BCUT2D eigenvalue weighted by Crippen LogP contribution is -2.42. The number of sulfonamides is 1. The van der Waals surface area contributed by atoms with Crippen LogP contribution in [0.2, 0.25) is 0 Å². The van der Waals surface area contributed by atoms with Crippen molar-refractivity contribution in [2.45, 2.75) is 44.2 Å². The second-order valence-electron chi connectivity index (χ2n) is 8.38. The van der Waals surface area contributed by atoms with Gasteiger partial charge in [0.05, 0.1) is 0 Å². The summed E-state index contributed by atoms with van der Waals surface area (Å²) < 4.78 is 32.8. The van der Waals surface area contributed by atoms with Crippen LogP contribution in [0.5, 0.6) is 0 Å². The molecule has 1 fully saturated rings. The number of aromatic amines is 1. The Morgan fingerprint density at radius 1 is 1.16 bits per heavy atom. The Bertz CT molecular complexity index is 1140. The number of amides is 1. The average Bonchev–Trinajstić information content (AvgIpc) is 3.50. The van der Waals surface area contributed by atoms with Gasteiger partial charge in [-0.3, -0.25) is 9.89 Å². The minimum Gasteiger partial charge on any atom is -0.442 e. The topological polar surface area (TPSA) is 108 Å². The third kappa shape index (κ3) is 4.78. The summed E-state index contributed by atoms with van der Waals surface area (Å²) in [6.45, 7) is 5.33. The third-order valence-corrected chi connectivity index (χ3v) is 7.65. The molecule has 0 radical (unpaired) electrons. The normalized spacial score (nSPS) is 15.8. The zero-order valence-electron chi connectivity index (χ0n) is 18.2. The molecule has 8 nitrogen and oxygen atoms in total. The standard InChI is InChI=1S/C23H28N4O4S/c1-16(2)18-5-3-17(4-6-18)15-24-23(28)19-10-13-27(14-11-19)32(29,30)22-8-7-21(31-22)20-9-12-25-26-20/h3-9,12,16,19H,10-11,13-15H2,1-2H3,(H,24,28)(H,25,26). The van der Waals surface area contributed by atoms with Gasteiger partial charge in [0.25, 0.3) is 10.0 Å². The largest absolute Gasteiger partial charge is 0.442 e. The average molecular weight is 457 g/mol. The molecule has 1 amide bonds. The minimum absolute atomic E-state index is 0.0329. The van der Waals surface area contributed by atoms with E-state index in [1.807, 2.05) is 12.1 Å². The van der Waals surface area contributed by atoms with E-state index in [2.05, 4.69) is 41.5 Å². The van der Waals surface area contributed by atoms with E-state index in [1.165, 1.54) is 15.9 Å². The van der Waals surface area contributed by atoms with Crippen molar-refractivity contribution in [2.24, 2.45) is 5.92 Å². The Hall–Kier alpha value is -2.91. The lowest BCUT2D eigenvalue weighted by molar-refractivity contribution is -0.126. The van der Waals surface area contributed by atoms with Gasteiger partial charge in [-0.15, -0.1) is 0 Å². The number of hydrogen-bond donors (Lipinski definition) is 2. The highest BCUT2D eigenvalue weighted by Crippen LogP contribution is 2.28. The Morgan fingerprint density at radius 3 is 2.50 bits per heavy atom. The van der Waals surface area contributed by atoms with Gasteiger partial charge in [0, 0.05) is 31.7 Å². The van der Waals surface area contributed by atoms with E-state index in [-0.39, 0.29) is 30.0 Å². The van der Waals surface area contributed by atoms with E-state index in [4.69, 9.17) is 4.42 Å². The van der Waals surface area contributed by atoms with Crippen LogP contribution >= 0.6 is 0 Å². The van der Waals surface area contributed by atoms with Crippen LogP contribution in [-0.4, -0.2) is 41.9 Å². The van der Waals surface area contributed by atoms with Gasteiger partial charge in [-0.1, -0.05) is 38.1 Å². The predicted octanol–water partition coefficient (Wildman–Crippen LogP) is 3.51. The zero-order valence-corrected chi connectivity index (χ0v) is 19.1. The van der Waals surface area contributed by atoms with E-state index >= 15 is 0 Å². The van der Waals surface area contributed by atoms with E-state index < -0.39 is 10.0 Å². The zero-order chi connectivity index (χ0) is 22.7. The highest BCUT2D eigenvalue weighted by atomic mass is 32.2. The number of carbonyl (C=O) groups is 1. The number of rotatable bonds is 7. The maximum atomic E-state index is 12.9. The summed E-state index contributed by atoms with van der Waals surface area (Å²) in [5.74, 6) is 0.651. The smallest absolute Gasteiger partial charge is 0.276 e. The van der Waals surface area contributed by atoms with Crippen LogP contribution in [0.3, 0.4) is 0 Å². The number of piperidine rings is 1. The molecule has 2 aromatic heterocycles. The van der Waals surface area contributed by atoms with Crippen molar-refractivity contribution in [1.29, 1.82) is 0 Å². The van der Waals surface area contributed by atoms with Crippen molar-refractivity contribution < 1.29 is 17.6 Å². The summed E-state index contributed by atoms with van der Waals surface area (Å²) in [7, 11) is -3.75. The fourth-order valence-electron chi connectivity index (χ4n) is 3.84. The number of benzene rings is 1. The molecule has 0 saturated carbocycles. The van der Waals surface area contributed by atoms with Crippen molar-refractivity contribution in [1.82, 2.24) is 19.8 Å². The first-order valence-electron chi connectivity index (χ1n) is 10.8. The number of H-pyrrole nitrogens is 1. The van der Waals surface area contributed by atoms with Crippen LogP contribution in [0, 0.1) is 5.92 Å². The lowest BCUT2D eigenvalue weighted by Gasteiger charge is -2.29. The number of furan rings is 1. The van der Waals surface area contributed by atoms with Gasteiger partial charge < -0.3 is 9.73 Å². The third-order valence-electron chi connectivity index (χ3n) is 5.88. The molecule has 1 aliphatic rings. The second kappa shape index (κ2) is 9.30. The number of nitrogens with one attached hydrogen (secondary N) is 2. The van der Waals surface area contributed by atoms with Crippen LogP contribution in [0.4, 0.5) is 0 Å². The molecule has 0 atom stereocenters. The van der Waals surface area contributed by atoms with Crippen LogP contribution in [0.25, 0.3) is 11.5 Å². The fraction of sp³-hybridized carbons (Fsp3) is 0.391. The van der Waals surface area contributed by atoms with Crippen molar-refractivity contribution in [3.63, 3.8) is 0 Å². The highest BCUT2D eigenvalue weighted by Gasteiger charge is 2.34. The summed E-state index contributed by atoms with van der Waals surface area (Å²) in [6.07, 6.45) is 2.53. The maximum absolute atomic E-state index is 12.9. The summed E-state index contributed by atoms with van der Waals surface area (Å²) in [6, 6.07) is 13.0. The molecule has 4 rings (SSSR count). The molecular weight excluding hydrogens is 428 g/mol. The first-order chi connectivity index (χ1) is 15.3. The lowest BCUT2D eigenvalue weighted by atomic mass is 9.97. The van der Waals surface area contributed by atoms with Gasteiger partial charge in [-0.05, 0) is 48.1 Å². The molecule has 0 bridgehead atoms. The van der Waals surface area contributed by atoms with Crippen LogP contribution < -0.4 is 5.32 Å². The van der Waals surface area contributed by atoms with E-state index in [9.17, 15) is 13.2 Å². The first kappa shape index (κ1) is 22.3. The number of carbonyl (C=O) groups excluding carboxylic acids is 1. The molecule has 1 aromatic carbocycles. The van der Waals surface area contributed by atoms with Gasteiger partial charge in [-0.25, -0.2) is 8.42 Å². The van der Waals surface area contributed by atoms with Gasteiger partial charge in [0.1, 0.15) is 5.69 Å². The quantitative estimate of drug-likeness (QED) is 0.566. The molecule has 0 spiro atoms. The van der Waals surface area contributed by atoms with Gasteiger partial charge >= 0.3 is 0 Å². The molecule has 32 heavy (non-hydrogen) atoms. The minimum atomic E-state index is -3.75. The van der Waals surface area contributed by atoms with Crippen LogP contribution in [0.15, 0.2) is 58.2 Å². The van der Waals surface area contributed by atoms with Crippen molar-refractivity contribution in [2.75, 3.05) is 13.1 Å². The Labute approximate surface area is 188 Å². The summed E-state index contributed by atoms with van der Waals surface area (Å²) in [5.41, 5.74) is 2.93. The molecule has 2 N–H and O–H groups in total. The number of hydrogen-bond acceptors (Lipinski definition) is 5. The van der Waals surface area contributed by atoms with E-state index in [1.54, 1.807) is 18.3 Å². The van der Waals surface area contributed by atoms with Gasteiger partial charge in [0.15, 0.2) is 5.76 Å². The van der Waals surface area contributed by atoms with Crippen molar-refractivity contribution in [3.8, 4) is 11.5 Å². The maximum Gasteiger partial charge on any atom is 0.276 e. The predicted molar refractivity (Wildman–Crippen MR) is 120 cm³/mol. The molecule has 170 valence electrons. The Balaban J connectivity index is 1.30. The Morgan fingerprint density at radius 2 is 1.88 bits per heavy atom. The molecule has 0 unspecified atom stereocenters. The second-order valence-corrected chi connectivity index (χ2v) is 10.3. The number of nitrogens with zero attached hydrogens (tertiary/aromatic N) is 2. The van der Waals surface area contributed by atoms with Gasteiger partial charge in [0.2, 0.25) is 11.0 Å². The SMILES string of the molecule is CC(C)c1ccc(CNC(=O)C2CCN(S(=O)(=O)c3ccc(-c4ccn[nH]4)o3)CC2)cc1. The number of aromatic nitrogens is 2.